The highest BCUT2D eigenvalue weighted by Gasteiger charge is 2.31. The van der Waals surface area contributed by atoms with Crippen LogP contribution in [-0.4, -0.2) is 80.6 Å². The minimum atomic E-state index is -0.879. The molecule has 2 unspecified atom stereocenters. The molecule has 0 amide bonds. The van der Waals surface area contributed by atoms with Crippen molar-refractivity contribution in [1.29, 1.82) is 0 Å². The number of esters is 2. The molecule has 0 heterocycles. The molecule has 8 heteroatoms. The number of allylic oxidation sites excluding steroid dienone is 10. The third kappa shape index (κ3) is 42.1. The maximum absolute atomic E-state index is 12.8. The van der Waals surface area contributed by atoms with Gasteiger partial charge in [-0.15, -0.1) is 0 Å². The van der Waals surface area contributed by atoms with Gasteiger partial charge in [-0.1, -0.05) is 184 Å². The van der Waals surface area contributed by atoms with Gasteiger partial charge in [-0.3, -0.25) is 9.59 Å². The minimum Gasteiger partial charge on any atom is -0.477 e. The molecule has 2 atom stereocenters. The van der Waals surface area contributed by atoms with Crippen LogP contribution in [0.3, 0.4) is 0 Å². The maximum atomic E-state index is 12.8. The van der Waals surface area contributed by atoms with Crippen LogP contribution >= 0.6 is 0 Å². The van der Waals surface area contributed by atoms with Crippen LogP contribution in [0.15, 0.2) is 60.8 Å². The zero-order chi connectivity index (χ0) is 44.9. The van der Waals surface area contributed by atoms with E-state index < -0.39 is 18.1 Å². The molecule has 8 nitrogen and oxygen atoms in total. The summed E-state index contributed by atoms with van der Waals surface area (Å²) in [5, 5.41) is 9.64. The first-order chi connectivity index (χ1) is 29.6. The molecule has 0 bridgehead atoms. The van der Waals surface area contributed by atoms with E-state index in [0.717, 1.165) is 70.6 Å². The molecule has 0 aromatic heterocycles. The number of quaternary nitrogens is 1. The lowest BCUT2D eigenvalue weighted by Gasteiger charge is -2.31. The highest BCUT2D eigenvalue weighted by Crippen LogP contribution is 2.15. The number of aliphatic carboxylic acids is 1. The Hall–Kier alpha value is -2.97. The highest BCUT2D eigenvalue weighted by atomic mass is 16.6. The molecule has 0 saturated carbocycles. The molecule has 0 saturated heterocycles. The van der Waals surface area contributed by atoms with Crippen molar-refractivity contribution in [2.45, 2.75) is 219 Å². The quantitative estimate of drug-likeness (QED) is 0.0214. The summed E-state index contributed by atoms with van der Waals surface area (Å²) in [6, 6.07) is -0.620. The second kappa shape index (κ2) is 43.7. The van der Waals surface area contributed by atoms with Crippen molar-refractivity contribution in [3.8, 4) is 0 Å². The molecule has 0 spiro atoms. The normalized spacial score (nSPS) is 13.4. The summed E-state index contributed by atoms with van der Waals surface area (Å²) in [6.45, 7) is 4.59. The minimum absolute atomic E-state index is 0.0517. The van der Waals surface area contributed by atoms with Crippen molar-refractivity contribution in [2.24, 2.45) is 0 Å². The lowest BCUT2D eigenvalue weighted by Crippen LogP contribution is -2.50. The van der Waals surface area contributed by atoms with Crippen molar-refractivity contribution >= 4 is 17.9 Å². The number of carbonyl (C=O) groups excluding carboxylic acids is 2. The SMILES string of the molecule is CC/C=C/C=C/C=C/CCCCCCCCCC(=O)OC(COCCC(C(=O)O)[N+](C)(C)C)COC(=O)CCCCCCCCC/C=C/C/C=C/CCCCCCCCCC. The molecule has 0 aromatic carbocycles. The summed E-state index contributed by atoms with van der Waals surface area (Å²) in [6.07, 6.45) is 54.1. The Morgan fingerprint density at radius 1 is 0.525 bits per heavy atom. The van der Waals surface area contributed by atoms with Gasteiger partial charge in [0.05, 0.1) is 34.4 Å². The summed E-state index contributed by atoms with van der Waals surface area (Å²) in [7, 11) is 5.52. The number of hydrogen-bond acceptors (Lipinski definition) is 6. The van der Waals surface area contributed by atoms with Crippen molar-refractivity contribution in [3.63, 3.8) is 0 Å². The molecular weight excluding hydrogens is 763 g/mol. The fourth-order valence-corrected chi connectivity index (χ4v) is 7.12. The van der Waals surface area contributed by atoms with Gasteiger partial charge >= 0.3 is 17.9 Å². The van der Waals surface area contributed by atoms with Crippen LogP contribution in [0, 0.1) is 0 Å². The molecule has 0 rings (SSSR count). The van der Waals surface area contributed by atoms with E-state index in [1.165, 1.54) is 103 Å². The number of likely N-dealkylation sites (N-methyl/N-ethyl adjacent to an activating group) is 1. The van der Waals surface area contributed by atoms with Gasteiger partial charge in [0.15, 0.2) is 12.1 Å². The number of ether oxygens (including phenoxy) is 3. The molecule has 0 fully saturated rings. The first-order valence-electron chi connectivity index (χ1n) is 24.9. The lowest BCUT2D eigenvalue weighted by molar-refractivity contribution is -0.887. The Bertz CT molecular complexity index is 1180. The Morgan fingerprint density at radius 2 is 0.984 bits per heavy atom. The molecule has 0 aromatic rings. The third-order valence-corrected chi connectivity index (χ3v) is 11.0. The van der Waals surface area contributed by atoms with Gasteiger partial charge in [0.2, 0.25) is 0 Å². The first-order valence-corrected chi connectivity index (χ1v) is 24.9. The van der Waals surface area contributed by atoms with Gasteiger partial charge in [0.1, 0.15) is 6.61 Å². The van der Waals surface area contributed by atoms with Crippen molar-refractivity contribution in [3.05, 3.63) is 60.8 Å². The highest BCUT2D eigenvalue weighted by molar-refractivity contribution is 5.72. The number of nitrogens with zero attached hydrogens (tertiary/aromatic N) is 1. The molecule has 1 N–H and O–H groups in total. The predicted molar refractivity (Wildman–Crippen MR) is 257 cm³/mol. The van der Waals surface area contributed by atoms with Gasteiger partial charge in [0, 0.05) is 19.3 Å². The van der Waals surface area contributed by atoms with E-state index in [4.69, 9.17) is 14.2 Å². The average Bonchev–Trinajstić information content (AvgIpc) is 3.22. The standard InChI is InChI=1S/C53H93NO7/c1-6-8-10-12-14-16-18-20-22-23-24-25-26-27-28-30-31-33-35-37-39-41-43-51(55)60-48-49(47-59-46-45-50(53(57)58)54(3,4)5)61-52(56)44-42-40-38-36-34-32-29-21-19-17-15-13-11-9-7-2/h9,11,13,15,17,19,23-24,26-27,49-50H,6-8,10,12,14,16,18,20-22,25,28-48H2,1-5H3/p+1/b11-9+,15-13+,19-17+,24-23+,27-26+. The third-order valence-electron chi connectivity index (χ3n) is 11.0. The number of carbonyl (C=O) groups is 3. The Balaban J connectivity index is 4.26. The van der Waals surface area contributed by atoms with Crippen LogP contribution in [0.25, 0.3) is 0 Å². The van der Waals surface area contributed by atoms with E-state index in [-0.39, 0.29) is 36.2 Å². The number of carboxylic acids is 1. The van der Waals surface area contributed by atoms with E-state index in [1.54, 1.807) is 0 Å². The zero-order valence-electron chi connectivity index (χ0n) is 40.1. The Kier molecular flexibility index (Phi) is 41.5. The second-order valence-corrected chi connectivity index (χ2v) is 17.7. The summed E-state index contributed by atoms with van der Waals surface area (Å²) in [5.74, 6) is -1.49. The topological polar surface area (TPSA) is 99.1 Å². The molecule has 0 radical (unpaired) electrons. The van der Waals surface area contributed by atoms with Gasteiger partial charge in [-0.2, -0.15) is 0 Å². The van der Waals surface area contributed by atoms with Gasteiger partial charge in [-0.25, -0.2) is 4.79 Å². The summed E-state index contributed by atoms with van der Waals surface area (Å²) in [5.41, 5.74) is 0. The van der Waals surface area contributed by atoms with Gasteiger partial charge in [-0.05, 0) is 64.2 Å². The largest absolute Gasteiger partial charge is 0.477 e. The van der Waals surface area contributed by atoms with Crippen LogP contribution in [0.5, 0.6) is 0 Å². The summed E-state index contributed by atoms with van der Waals surface area (Å²) in [4.78, 5) is 37.1. The van der Waals surface area contributed by atoms with Gasteiger partial charge < -0.3 is 23.8 Å². The Morgan fingerprint density at radius 3 is 1.48 bits per heavy atom. The van der Waals surface area contributed by atoms with E-state index in [9.17, 15) is 19.5 Å². The monoisotopic (exact) mass is 857 g/mol. The molecule has 61 heavy (non-hydrogen) atoms. The molecule has 0 aliphatic rings. The molecular formula is C53H94NO7+. The zero-order valence-corrected chi connectivity index (χ0v) is 40.1. The fourth-order valence-electron chi connectivity index (χ4n) is 7.12. The van der Waals surface area contributed by atoms with Crippen molar-refractivity contribution < 1.29 is 38.2 Å². The fraction of sp³-hybridized carbons (Fsp3) is 0.755. The van der Waals surface area contributed by atoms with Crippen molar-refractivity contribution in [1.82, 2.24) is 0 Å². The maximum Gasteiger partial charge on any atom is 0.362 e. The number of hydrogen-bond donors (Lipinski definition) is 1. The number of carboxylic acid groups (broad SMARTS) is 1. The van der Waals surface area contributed by atoms with Crippen LogP contribution in [0.2, 0.25) is 0 Å². The van der Waals surface area contributed by atoms with Gasteiger partial charge in [0.25, 0.3) is 0 Å². The predicted octanol–water partition coefficient (Wildman–Crippen LogP) is 14.1. The van der Waals surface area contributed by atoms with E-state index in [0.29, 0.717) is 19.3 Å². The second-order valence-electron chi connectivity index (χ2n) is 17.7. The average molecular weight is 857 g/mol. The van der Waals surface area contributed by atoms with Crippen LogP contribution in [0.4, 0.5) is 0 Å². The molecule has 352 valence electrons. The number of rotatable bonds is 44. The molecule has 0 aliphatic heterocycles. The van der Waals surface area contributed by atoms with E-state index >= 15 is 0 Å². The van der Waals surface area contributed by atoms with Crippen LogP contribution in [0.1, 0.15) is 206 Å². The lowest BCUT2D eigenvalue weighted by atomic mass is 10.1. The summed E-state index contributed by atoms with van der Waals surface area (Å²) < 4.78 is 17.3. The van der Waals surface area contributed by atoms with Crippen molar-refractivity contribution in [2.75, 3.05) is 41.0 Å². The Labute approximate surface area is 375 Å². The van der Waals surface area contributed by atoms with E-state index in [2.05, 4.69) is 74.6 Å². The smallest absolute Gasteiger partial charge is 0.362 e. The number of unbranched alkanes of at least 4 members (excludes halogenated alkanes) is 22. The van der Waals surface area contributed by atoms with Crippen LogP contribution in [-0.2, 0) is 28.6 Å². The van der Waals surface area contributed by atoms with Crippen LogP contribution < -0.4 is 0 Å². The molecule has 0 aliphatic carbocycles. The van der Waals surface area contributed by atoms with E-state index in [1.807, 2.05) is 21.1 Å². The first kappa shape index (κ1) is 58.0. The summed E-state index contributed by atoms with van der Waals surface area (Å²) >= 11 is 0.